The van der Waals surface area contributed by atoms with Crippen LogP contribution in [0.3, 0.4) is 0 Å². The summed E-state index contributed by atoms with van der Waals surface area (Å²) in [5.41, 5.74) is 0.616. The summed E-state index contributed by atoms with van der Waals surface area (Å²) in [6.45, 7) is 8.04. The predicted molar refractivity (Wildman–Crippen MR) is 133 cm³/mol. The number of carboxylic acids is 1. The normalized spacial score (nSPS) is 17.3. The minimum atomic E-state index is -4.24. The highest BCUT2D eigenvalue weighted by atomic mass is 32.2. The second-order valence-corrected chi connectivity index (χ2v) is 11.0. The van der Waals surface area contributed by atoms with Crippen LogP contribution in [0.2, 0.25) is 0 Å². The lowest BCUT2D eigenvalue weighted by molar-refractivity contribution is -0.141. The third-order valence-corrected chi connectivity index (χ3v) is 9.36. The Labute approximate surface area is 207 Å². The molecular formula is C26H35NO7S. The van der Waals surface area contributed by atoms with E-state index in [1.54, 1.807) is 38.1 Å². The summed E-state index contributed by atoms with van der Waals surface area (Å²) in [6.07, 6.45) is 0.240. The Morgan fingerprint density at radius 2 is 1.69 bits per heavy atom. The van der Waals surface area contributed by atoms with Gasteiger partial charge in [0, 0.05) is 26.1 Å². The SMILES string of the molecule is CCC(C)C(Cc1ccc(OCCN2CCOCC2)cc1)(C(=O)O)S(=O)(=O)c1ccc(OC)cc1. The molecule has 0 spiro atoms. The van der Waals surface area contributed by atoms with Crippen LogP contribution < -0.4 is 9.47 Å². The summed E-state index contributed by atoms with van der Waals surface area (Å²) in [6, 6.07) is 12.9. The van der Waals surface area contributed by atoms with Gasteiger partial charge in [-0.25, -0.2) is 8.42 Å². The molecular weight excluding hydrogens is 470 g/mol. The Bertz CT molecular complexity index is 1060. The summed E-state index contributed by atoms with van der Waals surface area (Å²) < 4.78 is 41.9. The quantitative estimate of drug-likeness (QED) is 0.469. The lowest BCUT2D eigenvalue weighted by Crippen LogP contribution is -2.53. The average Bonchev–Trinajstić information content (AvgIpc) is 2.88. The second-order valence-electron chi connectivity index (χ2n) is 8.81. The molecule has 0 aromatic heterocycles. The van der Waals surface area contributed by atoms with Gasteiger partial charge in [0.05, 0.1) is 25.2 Å². The van der Waals surface area contributed by atoms with E-state index in [1.807, 2.05) is 0 Å². The van der Waals surface area contributed by atoms with Crippen LogP contribution in [0.25, 0.3) is 0 Å². The number of morpholine rings is 1. The summed E-state index contributed by atoms with van der Waals surface area (Å²) in [5, 5.41) is 10.3. The maximum Gasteiger partial charge on any atom is 0.326 e. The van der Waals surface area contributed by atoms with Gasteiger partial charge in [-0.15, -0.1) is 0 Å². The van der Waals surface area contributed by atoms with Gasteiger partial charge in [-0.2, -0.15) is 0 Å². The van der Waals surface area contributed by atoms with Crippen LogP contribution in [-0.4, -0.2) is 75.7 Å². The molecule has 0 saturated carbocycles. The van der Waals surface area contributed by atoms with Crippen molar-refractivity contribution in [1.82, 2.24) is 4.90 Å². The van der Waals surface area contributed by atoms with Gasteiger partial charge in [0.1, 0.15) is 18.1 Å². The van der Waals surface area contributed by atoms with Crippen molar-refractivity contribution in [1.29, 1.82) is 0 Å². The molecule has 8 nitrogen and oxygen atoms in total. The van der Waals surface area contributed by atoms with E-state index in [-0.39, 0.29) is 11.3 Å². The van der Waals surface area contributed by atoms with Crippen LogP contribution in [-0.2, 0) is 25.8 Å². The maximum absolute atomic E-state index is 13.8. The molecule has 1 saturated heterocycles. The number of rotatable bonds is 12. The Morgan fingerprint density at radius 3 is 2.23 bits per heavy atom. The first-order valence-electron chi connectivity index (χ1n) is 11.9. The molecule has 0 amide bonds. The van der Waals surface area contributed by atoms with Crippen molar-refractivity contribution in [3.05, 3.63) is 54.1 Å². The van der Waals surface area contributed by atoms with Crippen molar-refractivity contribution in [3.8, 4) is 11.5 Å². The number of hydrogen-bond acceptors (Lipinski definition) is 7. The number of carbonyl (C=O) groups is 1. The molecule has 0 aliphatic carbocycles. The van der Waals surface area contributed by atoms with E-state index >= 15 is 0 Å². The fourth-order valence-electron chi connectivity index (χ4n) is 4.35. The van der Waals surface area contributed by atoms with Crippen molar-refractivity contribution in [2.45, 2.75) is 36.3 Å². The molecule has 2 unspecified atom stereocenters. The van der Waals surface area contributed by atoms with E-state index in [0.717, 1.165) is 32.8 Å². The third-order valence-electron chi connectivity index (χ3n) is 6.79. The molecule has 9 heteroatoms. The summed E-state index contributed by atoms with van der Waals surface area (Å²) in [5.74, 6) is -0.827. The first-order valence-corrected chi connectivity index (χ1v) is 13.4. The van der Waals surface area contributed by atoms with E-state index in [0.29, 0.717) is 30.1 Å². The smallest absolute Gasteiger partial charge is 0.326 e. The summed E-state index contributed by atoms with van der Waals surface area (Å²) in [4.78, 5) is 14.9. The number of aliphatic carboxylic acids is 1. The Hall–Kier alpha value is -2.62. The molecule has 2 aromatic carbocycles. The van der Waals surface area contributed by atoms with Gasteiger partial charge >= 0.3 is 5.97 Å². The zero-order chi connectivity index (χ0) is 25.5. The lowest BCUT2D eigenvalue weighted by Gasteiger charge is -2.34. The first kappa shape index (κ1) is 27.0. The molecule has 1 aliphatic rings. The van der Waals surface area contributed by atoms with Gasteiger partial charge in [-0.1, -0.05) is 32.4 Å². The number of sulfone groups is 1. The molecule has 1 heterocycles. The number of nitrogens with zero attached hydrogens (tertiary/aromatic N) is 1. The number of hydrogen-bond donors (Lipinski definition) is 1. The molecule has 0 radical (unpaired) electrons. The molecule has 1 aliphatic heterocycles. The number of benzene rings is 2. The molecule has 3 rings (SSSR count). The standard InChI is InChI=1S/C26H35NO7S/c1-4-20(2)26(25(28)29,35(30,31)24-11-9-22(32-3)10-12-24)19-21-5-7-23(8-6-21)34-18-15-27-13-16-33-17-14-27/h5-12,20H,4,13-19H2,1-3H3,(H,28,29). The van der Waals surface area contributed by atoms with Crippen LogP contribution >= 0.6 is 0 Å². The van der Waals surface area contributed by atoms with Crippen LogP contribution in [0.5, 0.6) is 11.5 Å². The lowest BCUT2D eigenvalue weighted by atomic mass is 9.85. The van der Waals surface area contributed by atoms with Crippen LogP contribution in [0.1, 0.15) is 25.8 Å². The average molecular weight is 506 g/mol. The highest BCUT2D eigenvalue weighted by Gasteiger charge is 2.55. The molecule has 0 bridgehead atoms. The molecule has 192 valence electrons. The van der Waals surface area contributed by atoms with Crippen LogP contribution in [0.15, 0.2) is 53.4 Å². The predicted octanol–water partition coefficient (Wildman–Crippen LogP) is 3.29. The Morgan fingerprint density at radius 1 is 1.09 bits per heavy atom. The van der Waals surface area contributed by atoms with Gasteiger partial charge in [0.15, 0.2) is 14.6 Å². The zero-order valence-corrected chi connectivity index (χ0v) is 21.4. The summed E-state index contributed by atoms with van der Waals surface area (Å²) in [7, 11) is -2.75. The fourth-order valence-corrected chi connectivity index (χ4v) is 6.55. The van der Waals surface area contributed by atoms with E-state index in [4.69, 9.17) is 14.2 Å². The van der Waals surface area contributed by atoms with Crippen molar-refractivity contribution < 1.29 is 32.5 Å². The largest absolute Gasteiger partial charge is 0.497 e. The first-order chi connectivity index (χ1) is 16.7. The molecule has 2 aromatic rings. The van der Waals surface area contributed by atoms with Crippen LogP contribution in [0.4, 0.5) is 0 Å². The molecule has 2 atom stereocenters. The zero-order valence-electron chi connectivity index (χ0n) is 20.6. The van der Waals surface area contributed by atoms with Crippen molar-refractivity contribution >= 4 is 15.8 Å². The van der Waals surface area contributed by atoms with Crippen molar-refractivity contribution in [2.24, 2.45) is 5.92 Å². The van der Waals surface area contributed by atoms with Crippen molar-refractivity contribution in [3.63, 3.8) is 0 Å². The highest BCUT2D eigenvalue weighted by molar-refractivity contribution is 7.93. The van der Waals surface area contributed by atoms with E-state index in [9.17, 15) is 18.3 Å². The van der Waals surface area contributed by atoms with Crippen molar-refractivity contribution in [2.75, 3.05) is 46.6 Å². The minimum Gasteiger partial charge on any atom is -0.497 e. The fraction of sp³-hybridized carbons (Fsp3) is 0.500. The number of ether oxygens (including phenoxy) is 3. The molecule has 35 heavy (non-hydrogen) atoms. The Kier molecular flexibility index (Phi) is 9.15. The van der Waals surface area contributed by atoms with Crippen LogP contribution in [0, 0.1) is 5.92 Å². The summed E-state index contributed by atoms with van der Waals surface area (Å²) >= 11 is 0. The van der Waals surface area contributed by atoms with E-state index in [1.165, 1.54) is 31.4 Å². The minimum absolute atomic E-state index is 0.0379. The highest BCUT2D eigenvalue weighted by Crippen LogP contribution is 2.38. The van der Waals surface area contributed by atoms with E-state index < -0.39 is 26.5 Å². The van der Waals surface area contributed by atoms with Gasteiger partial charge < -0.3 is 19.3 Å². The third kappa shape index (κ3) is 5.97. The molecule has 1 N–H and O–H groups in total. The van der Waals surface area contributed by atoms with E-state index in [2.05, 4.69) is 4.90 Å². The van der Waals surface area contributed by atoms with Gasteiger partial charge in [-0.05, 0) is 47.9 Å². The number of carboxylic acid groups (broad SMARTS) is 1. The molecule has 1 fully saturated rings. The van der Waals surface area contributed by atoms with Gasteiger partial charge in [0.25, 0.3) is 0 Å². The van der Waals surface area contributed by atoms with Gasteiger partial charge in [-0.3, -0.25) is 9.69 Å². The second kappa shape index (κ2) is 11.9. The van der Waals surface area contributed by atoms with Gasteiger partial charge in [0.2, 0.25) is 0 Å². The number of methoxy groups -OCH3 is 1. The topological polar surface area (TPSA) is 102 Å². The maximum atomic E-state index is 13.8. The monoisotopic (exact) mass is 505 g/mol. The Balaban J connectivity index is 1.81.